The minimum atomic E-state index is -0.364. The van der Waals surface area contributed by atoms with Crippen LogP contribution in [0.1, 0.15) is 24.5 Å². The number of benzene rings is 2. The first-order valence-electron chi connectivity index (χ1n) is 9.23. The Hall–Kier alpha value is -3.19. The molecule has 8 heteroatoms. The SMILES string of the molecule is COc1ccc(-c2n[nH]c(C3CC3)c2NC(=O)Nc2cccc(Cl)c2)cc1OC. The van der Waals surface area contributed by atoms with Crippen LogP contribution in [-0.4, -0.2) is 30.4 Å². The maximum atomic E-state index is 12.6. The predicted octanol–water partition coefficient (Wildman–Crippen LogP) is 5.27. The van der Waals surface area contributed by atoms with Gasteiger partial charge in [-0.25, -0.2) is 4.79 Å². The standard InChI is InChI=1S/C21H21ClN4O3/c1-28-16-9-8-13(10-17(16)29-2)19-20(18(25-26-19)12-6-7-12)24-21(27)23-15-5-3-4-14(22)11-15/h3-5,8-12H,6-7H2,1-2H3,(H,25,26)(H2,23,24,27). The number of carbonyl (C=O) groups excluding carboxylic acids is 1. The summed E-state index contributed by atoms with van der Waals surface area (Å²) in [5.74, 6) is 1.59. The summed E-state index contributed by atoms with van der Waals surface area (Å²) in [6.07, 6.45) is 2.14. The maximum absolute atomic E-state index is 12.6. The van der Waals surface area contributed by atoms with Crippen molar-refractivity contribution in [2.24, 2.45) is 0 Å². The van der Waals surface area contributed by atoms with E-state index in [1.54, 1.807) is 38.5 Å². The van der Waals surface area contributed by atoms with Crippen molar-refractivity contribution in [3.05, 3.63) is 53.2 Å². The van der Waals surface area contributed by atoms with Crippen LogP contribution in [0.25, 0.3) is 11.3 Å². The van der Waals surface area contributed by atoms with Gasteiger partial charge in [-0.1, -0.05) is 17.7 Å². The second kappa shape index (κ2) is 8.05. The van der Waals surface area contributed by atoms with Gasteiger partial charge in [0.1, 0.15) is 5.69 Å². The molecule has 2 aromatic carbocycles. The summed E-state index contributed by atoms with van der Waals surface area (Å²) >= 11 is 6.00. The number of hydrogen-bond acceptors (Lipinski definition) is 4. The van der Waals surface area contributed by atoms with Crippen molar-refractivity contribution in [1.29, 1.82) is 0 Å². The summed E-state index contributed by atoms with van der Waals surface area (Å²) < 4.78 is 10.7. The van der Waals surface area contributed by atoms with Gasteiger partial charge in [0.05, 0.1) is 25.6 Å². The summed E-state index contributed by atoms with van der Waals surface area (Å²) in [5, 5.41) is 13.9. The Bertz CT molecular complexity index is 1050. The number of urea groups is 1. The maximum Gasteiger partial charge on any atom is 0.323 e. The Balaban J connectivity index is 1.64. The van der Waals surface area contributed by atoms with Crippen molar-refractivity contribution in [2.45, 2.75) is 18.8 Å². The molecule has 2 amide bonds. The van der Waals surface area contributed by atoms with Gasteiger partial charge in [0.15, 0.2) is 11.5 Å². The summed E-state index contributed by atoms with van der Waals surface area (Å²) in [5.41, 5.74) is 3.66. The van der Waals surface area contributed by atoms with E-state index in [0.717, 1.165) is 24.1 Å². The average Bonchev–Trinajstić information content (AvgIpc) is 3.48. The van der Waals surface area contributed by atoms with Crippen LogP contribution in [0.4, 0.5) is 16.2 Å². The minimum Gasteiger partial charge on any atom is -0.493 e. The van der Waals surface area contributed by atoms with E-state index in [1.165, 1.54) is 0 Å². The summed E-state index contributed by atoms with van der Waals surface area (Å²) in [7, 11) is 3.17. The van der Waals surface area contributed by atoms with Crippen LogP contribution in [0.5, 0.6) is 11.5 Å². The van der Waals surface area contributed by atoms with E-state index in [-0.39, 0.29) is 6.03 Å². The third kappa shape index (κ3) is 4.14. The lowest BCUT2D eigenvalue weighted by atomic mass is 10.1. The Morgan fingerprint density at radius 2 is 1.90 bits per heavy atom. The largest absolute Gasteiger partial charge is 0.493 e. The minimum absolute atomic E-state index is 0.364. The lowest BCUT2D eigenvalue weighted by Crippen LogP contribution is -2.20. The van der Waals surface area contributed by atoms with E-state index < -0.39 is 0 Å². The molecule has 7 nitrogen and oxygen atoms in total. The second-order valence-corrected chi connectivity index (χ2v) is 7.23. The van der Waals surface area contributed by atoms with Gasteiger partial charge in [-0.15, -0.1) is 0 Å². The Labute approximate surface area is 173 Å². The molecule has 0 atom stereocenters. The normalized spacial score (nSPS) is 13.1. The topological polar surface area (TPSA) is 88.3 Å². The molecule has 0 saturated heterocycles. The fraction of sp³-hybridized carbons (Fsp3) is 0.238. The van der Waals surface area contributed by atoms with Crippen molar-refractivity contribution < 1.29 is 14.3 Å². The number of carbonyl (C=O) groups is 1. The van der Waals surface area contributed by atoms with Crippen LogP contribution in [0.15, 0.2) is 42.5 Å². The number of H-pyrrole nitrogens is 1. The molecule has 1 fully saturated rings. The highest BCUT2D eigenvalue weighted by molar-refractivity contribution is 6.30. The Morgan fingerprint density at radius 1 is 1.10 bits per heavy atom. The van der Waals surface area contributed by atoms with Gasteiger partial charge in [-0.2, -0.15) is 5.10 Å². The number of anilines is 2. The molecule has 0 aliphatic heterocycles. The summed E-state index contributed by atoms with van der Waals surface area (Å²) in [6.45, 7) is 0. The molecule has 1 heterocycles. The zero-order valence-corrected chi connectivity index (χ0v) is 16.8. The molecule has 3 N–H and O–H groups in total. The Morgan fingerprint density at radius 3 is 2.59 bits per heavy atom. The Kier molecular flexibility index (Phi) is 5.31. The fourth-order valence-electron chi connectivity index (χ4n) is 3.18. The lowest BCUT2D eigenvalue weighted by molar-refractivity contribution is 0.262. The summed E-state index contributed by atoms with van der Waals surface area (Å²) in [6, 6.07) is 12.2. The van der Waals surface area contributed by atoms with Crippen molar-refractivity contribution in [2.75, 3.05) is 24.9 Å². The van der Waals surface area contributed by atoms with Crippen LogP contribution >= 0.6 is 11.6 Å². The summed E-state index contributed by atoms with van der Waals surface area (Å²) in [4.78, 5) is 12.6. The van der Waals surface area contributed by atoms with E-state index in [1.807, 2.05) is 18.2 Å². The van der Waals surface area contributed by atoms with E-state index in [4.69, 9.17) is 21.1 Å². The van der Waals surface area contributed by atoms with Crippen LogP contribution in [-0.2, 0) is 0 Å². The molecule has 0 spiro atoms. The lowest BCUT2D eigenvalue weighted by Gasteiger charge is -2.12. The molecular formula is C21H21ClN4O3. The van der Waals surface area contributed by atoms with E-state index in [2.05, 4.69) is 20.8 Å². The van der Waals surface area contributed by atoms with Gasteiger partial charge in [-0.05, 0) is 49.2 Å². The van der Waals surface area contributed by atoms with Gasteiger partial charge < -0.3 is 20.1 Å². The molecule has 150 valence electrons. The smallest absolute Gasteiger partial charge is 0.323 e. The molecule has 0 radical (unpaired) electrons. The molecule has 1 saturated carbocycles. The first-order valence-corrected chi connectivity index (χ1v) is 9.61. The number of ether oxygens (including phenoxy) is 2. The van der Waals surface area contributed by atoms with Gasteiger partial charge in [0.2, 0.25) is 0 Å². The number of hydrogen-bond donors (Lipinski definition) is 3. The highest BCUT2D eigenvalue weighted by atomic mass is 35.5. The second-order valence-electron chi connectivity index (χ2n) is 6.79. The third-order valence-electron chi connectivity index (χ3n) is 4.76. The highest BCUT2D eigenvalue weighted by Crippen LogP contribution is 2.45. The molecule has 0 unspecified atom stereocenters. The molecule has 1 aliphatic carbocycles. The average molecular weight is 413 g/mol. The quantitative estimate of drug-likeness (QED) is 0.514. The van der Waals surface area contributed by atoms with Crippen LogP contribution < -0.4 is 20.1 Å². The molecule has 4 rings (SSSR count). The number of methoxy groups -OCH3 is 2. The van der Waals surface area contributed by atoms with E-state index in [9.17, 15) is 4.79 Å². The first-order chi connectivity index (χ1) is 14.1. The third-order valence-corrected chi connectivity index (χ3v) is 4.99. The van der Waals surface area contributed by atoms with Gasteiger partial charge in [0, 0.05) is 22.2 Å². The van der Waals surface area contributed by atoms with Gasteiger partial charge >= 0.3 is 6.03 Å². The van der Waals surface area contributed by atoms with E-state index in [0.29, 0.717) is 39.5 Å². The number of amides is 2. The monoisotopic (exact) mass is 412 g/mol. The number of halogens is 1. The zero-order chi connectivity index (χ0) is 20.4. The van der Waals surface area contributed by atoms with Crippen molar-refractivity contribution in [1.82, 2.24) is 10.2 Å². The number of rotatable bonds is 6. The molecule has 1 aromatic heterocycles. The molecule has 0 bridgehead atoms. The molecule has 1 aliphatic rings. The highest BCUT2D eigenvalue weighted by Gasteiger charge is 2.31. The van der Waals surface area contributed by atoms with Crippen LogP contribution in [0, 0.1) is 0 Å². The van der Waals surface area contributed by atoms with Gasteiger partial charge in [0.25, 0.3) is 0 Å². The molecule has 3 aromatic rings. The number of nitrogens with zero attached hydrogens (tertiary/aromatic N) is 1. The first kappa shape index (κ1) is 19.1. The number of aromatic amines is 1. The van der Waals surface area contributed by atoms with E-state index >= 15 is 0 Å². The molecular weight excluding hydrogens is 392 g/mol. The zero-order valence-electron chi connectivity index (χ0n) is 16.1. The number of nitrogens with one attached hydrogen (secondary N) is 3. The molecule has 29 heavy (non-hydrogen) atoms. The van der Waals surface area contributed by atoms with Crippen molar-refractivity contribution >= 4 is 29.0 Å². The van der Waals surface area contributed by atoms with Crippen LogP contribution in [0.2, 0.25) is 5.02 Å². The predicted molar refractivity (Wildman–Crippen MR) is 113 cm³/mol. The van der Waals surface area contributed by atoms with Crippen molar-refractivity contribution in [3.8, 4) is 22.8 Å². The fourth-order valence-corrected chi connectivity index (χ4v) is 3.37. The van der Waals surface area contributed by atoms with Gasteiger partial charge in [-0.3, -0.25) is 5.10 Å². The number of aromatic nitrogens is 2. The van der Waals surface area contributed by atoms with Crippen molar-refractivity contribution in [3.63, 3.8) is 0 Å². The van der Waals surface area contributed by atoms with Crippen LogP contribution in [0.3, 0.4) is 0 Å².